The van der Waals surface area contributed by atoms with Crippen LogP contribution in [0.3, 0.4) is 0 Å². The second kappa shape index (κ2) is 5.25. The molecule has 3 aliphatic rings. The fourth-order valence-electron chi connectivity index (χ4n) is 5.06. The van der Waals surface area contributed by atoms with Gasteiger partial charge in [-0.2, -0.15) is 0 Å². The fourth-order valence-corrected chi connectivity index (χ4v) is 5.06. The Morgan fingerprint density at radius 1 is 1.13 bits per heavy atom. The van der Waals surface area contributed by atoms with Gasteiger partial charge in [-0.3, -0.25) is 9.80 Å². The highest BCUT2D eigenvalue weighted by Gasteiger charge is 2.41. The molecule has 1 aromatic carbocycles. The molecule has 1 N–H and O–H groups in total. The van der Waals surface area contributed by atoms with Gasteiger partial charge in [0.05, 0.1) is 19.3 Å². The molecule has 2 fully saturated rings. The number of rotatable bonds is 1. The normalized spacial score (nSPS) is 28.2. The highest BCUT2D eigenvalue weighted by Crippen LogP contribution is 2.42. The molecule has 3 aliphatic heterocycles. The van der Waals surface area contributed by atoms with E-state index in [9.17, 15) is 0 Å². The lowest BCUT2D eigenvalue weighted by atomic mass is 9.90. The molecule has 1 aromatic heterocycles. The summed E-state index contributed by atoms with van der Waals surface area (Å²) in [7, 11) is 1.75. The molecule has 0 aliphatic carbocycles. The lowest BCUT2D eigenvalue weighted by Crippen LogP contribution is -2.58. The third kappa shape index (κ3) is 2.05. The summed E-state index contributed by atoms with van der Waals surface area (Å²) in [5.74, 6) is 0.962. The number of hydrogen-bond acceptors (Lipinski definition) is 3. The van der Waals surface area contributed by atoms with E-state index in [1.807, 2.05) is 0 Å². The van der Waals surface area contributed by atoms with Crippen LogP contribution in [0, 0.1) is 0 Å². The van der Waals surface area contributed by atoms with Crippen LogP contribution in [0.25, 0.3) is 10.9 Å². The Morgan fingerprint density at radius 3 is 3.00 bits per heavy atom. The first-order chi connectivity index (χ1) is 11.3. The quantitative estimate of drug-likeness (QED) is 0.877. The van der Waals surface area contributed by atoms with Crippen LogP contribution in [-0.2, 0) is 6.42 Å². The standard InChI is InChI=1S/C19H25N3O/c1-23-13-5-6-16-15(12-13)14-7-11-22-17(19(14)20-16)8-10-21-9-3-2-4-18(21)22/h5-6,12,17-18,20H,2-4,7-11H2,1H3/t17-,18-/m0/s1. The lowest BCUT2D eigenvalue weighted by Gasteiger charge is -2.52. The van der Waals surface area contributed by atoms with E-state index in [2.05, 4.69) is 33.0 Å². The van der Waals surface area contributed by atoms with E-state index >= 15 is 0 Å². The maximum atomic E-state index is 5.43. The number of ether oxygens (including phenoxy) is 1. The number of nitrogens with one attached hydrogen (secondary N) is 1. The van der Waals surface area contributed by atoms with E-state index in [0.717, 1.165) is 12.2 Å². The van der Waals surface area contributed by atoms with E-state index in [0.29, 0.717) is 12.2 Å². The summed E-state index contributed by atoms with van der Waals surface area (Å²) >= 11 is 0. The van der Waals surface area contributed by atoms with Gasteiger partial charge >= 0.3 is 0 Å². The molecule has 0 amide bonds. The Labute approximate surface area is 137 Å². The number of aromatic amines is 1. The number of H-pyrrole nitrogens is 1. The Balaban J connectivity index is 1.56. The molecule has 2 aromatic rings. The average molecular weight is 311 g/mol. The predicted molar refractivity (Wildman–Crippen MR) is 91.8 cm³/mol. The third-order valence-electron chi connectivity index (χ3n) is 6.15. The van der Waals surface area contributed by atoms with Crippen LogP contribution in [-0.4, -0.2) is 47.7 Å². The summed E-state index contributed by atoms with van der Waals surface area (Å²) < 4.78 is 5.43. The van der Waals surface area contributed by atoms with Crippen LogP contribution in [0.5, 0.6) is 5.75 Å². The van der Waals surface area contributed by atoms with Crippen LogP contribution in [0.4, 0.5) is 0 Å². The van der Waals surface area contributed by atoms with Crippen LogP contribution in [0.1, 0.15) is 43.0 Å². The summed E-state index contributed by atoms with van der Waals surface area (Å²) in [5.41, 5.74) is 4.28. The van der Waals surface area contributed by atoms with Gasteiger partial charge in [0.2, 0.25) is 0 Å². The van der Waals surface area contributed by atoms with Crippen LogP contribution < -0.4 is 4.74 Å². The molecule has 2 saturated heterocycles. The Kier molecular flexibility index (Phi) is 3.17. The first kappa shape index (κ1) is 13.9. The van der Waals surface area contributed by atoms with Crippen molar-refractivity contribution in [1.82, 2.24) is 14.8 Å². The van der Waals surface area contributed by atoms with Crippen molar-refractivity contribution < 1.29 is 4.74 Å². The maximum Gasteiger partial charge on any atom is 0.119 e. The molecule has 23 heavy (non-hydrogen) atoms. The topological polar surface area (TPSA) is 31.5 Å². The average Bonchev–Trinajstić information content (AvgIpc) is 2.99. The Hall–Kier alpha value is -1.52. The monoisotopic (exact) mass is 311 g/mol. The predicted octanol–water partition coefficient (Wildman–Crippen LogP) is 3.29. The smallest absolute Gasteiger partial charge is 0.119 e. The minimum Gasteiger partial charge on any atom is -0.497 e. The van der Waals surface area contributed by atoms with Gasteiger partial charge in [-0.05, 0) is 62.4 Å². The van der Waals surface area contributed by atoms with Crippen molar-refractivity contribution in [3.8, 4) is 5.75 Å². The summed E-state index contributed by atoms with van der Waals surface area (Å²) in [6.45, 7) is 3.75. The maximum absolute atomic E-state index is 5.43. The Bertz CT molecular complexity index is 738. The second-order valence-corrected chi connectivity index (χ2v) is 7.23. The van der Waals surface area contributed by atoms with Gasteiger partial charge in [0.15, 0.2) is 0 Å². The van der Waals surface area contributed by atoms with Crippen molar-refractivity contribution >= 4 is 10.9 Å². The van der Waals surface area contributed by atoms with Gasteiger partial charge in [0.25, 0.3) is 0 Å². The first-order valence-corrected chi connectivity index (χ1v) is 9.03. The summed E-state index contributed by atoms with van der Waals surface area (Å²) in [6.07, 6.45) is 7.21. The zero-order valence-electron chi connectivity index (χ0n) is 13.8. The SMILES string of the molecule is COc1ccc2[nH]c3c(c2c1)CCN1[C@H]3CCN2CCCC[C@@H]21. The molecule has 0 bridgehead atoms. The molecule has 0 saturated carbocycles. The van der Waals surface area contributed by atoms with Crippen molar-refractivity contribution in [2.75, 3.05) is 26.7 Å². The molecular weight excluding hydrogens is 286 g/mol. The number of aromatic nitrogens is 1. The van der Waals surface area contributed by atoms with Crippen molar-refractivity contribution in [1.29, 1.82) is 0 Å². The molecular formula is C19H25N3O. The van der Waals surface area contributed by atoms with Crippen molar-refractivity contribution in [3.63, 3.8) is 0 Å². The van der Waals surface area contributed by atoms with Crippen molar-refractivity contribution in [3.05, 3.63) is 29.5 Å². The van der Waals surface area contributed by atoms with E-state index < -0.39 is 0 Å². The van der Waals surface area contributed by atoms with Gasteiger partial charge in [-0.1, -0.05) is 0 Å². The molecule has 122 valence electrons. The number of piperidine rings is 1. The zero-order valence-corrected chi connectivity index (χ0v) is 13.8. The zero-order chi connectivity index (χ0) is 15.4. The molecule has 4 nitrogen and oxygen atoms in total. The molecule has 0 spiro atoms. The van der Waals surface area contributed by atoms with Crippen LogP contribution in [0.15, 0.2) is 18.2 Å². The second-order valence-electron chi connectivity index (χ2n) is 7.23. The van der Waals surface area contributed by atoms with Gasteiger partial charge < -0.3 is 9.72 Å². The fraction of sp³-hybridized carbons (Fsp3) is 0.579. The number of fused-ring (bicyclic) bond motifs is 7. The number of nitrogens with zero attached hydrogens (tertiary/aromatic N) is 2. The molecule has 0 radical (unpaired) electrons. The van der Waals surface area contributed by atoms with E-state index in [-0.39, 0.29) is 0 Å². The third-order valence-corrected chi connectivity index (χ3v) is 6.15. The Morgan fingerprint density at radius 2 is 2.09 bits per heavy atom. The highest BCUT2D eigenvalue weighted by atomic mass is 16.5. The van der Waals surface area contributed by atoms with E-state index in [1.165, 1.54) is 67.5 Å². The molecule has 5 rings (SSSR count). The first-order valence-electron chi connectivity index (χ1n) is 9.03. The van der Waals surface area contributed by atoms with Crippen LogP contribution in [0.2, 0.25) is 0 Å². The molecule has 4 heterocycles. The van der Waals surface area contributed by atoms with Crippen LogP contribution >= 0.6 is 0 Å². The van der Waals surface area contributed by atoms with Gasteiger partial charge in [-0.15, -0.1) is 0 Å². The lowest BCUT2D eigenvalue weighted by molar-refractivity contribution is -0.0599. The number of methoxy groups -OCH3 is 1. The van der Waals surface area contributed by atoms with Gasteiger partial charge in [-0.25, -0.2) is 0 Å². The van der Waals surface area contributed by atoms with E-state index in [1.54, 1.807) is 7.11 Å². The summed E-state index contributed by atoms with van der Waals surface area (Å²) in [6, 6.07) is 7.02. The molecule has 2 atom stereocenters. The summed E-state index contributed by atoms with van der Waals surface area (Å²) in [5, 5.41) is 1.37. The van der Waals surface area contributed by atoms with Crippen molar-refractivity contribution in [2.45, 2.75) is 44.3 Å². The van der Waals surface area contributed by atoms with Gasteiger partial charge in [0, 0.05) is 29.7 Å². The highest BCUT2D eigenvalue weighted by molar-refractivity contribution is 5.86. The number of hydrogen-bond donors (Lipinski definition) is 1. The van der Waals surface area contributed by atoms with Gasteiger partial charge in [0.1, 0.15) is 5.75 Å². The summed E-state index contributed by atoms with van der Waals surface area (Å²) in [4.78, 5) is 9.24. The minimum absolute atomic E-state index is 0.580. The molecule has 0 unspecified atom stereocenters. The van der Waals surface area contributed by atoms with E-state index in [4.69, 9.17) is 4.74 Å². The molecule has 4 heteroatoms. The van der Waals surface area contributed by atoms with Crippen molar-refractivity contribution in [2.24, 2.45) is 0 Å². The number of benzene rings is 1. The largest absolute Gasteiger partial charge is 0.497 e. The minimum atomic E-state index is 0.580.